The molecule has 1 heterocycles. The number of rotatable bonds is 4. The molecule has 3 N–H and O–H groups in total. The van der Waals surface area contributed by atoms with E-state index < -0.39 is 0 Å². The van der Waals surface area contributed by atoms with Crippen molar-refractivity contribution in [2.24, 2.45) is 0 Å². The molecule has 5 heteroatoms. The molecule has 1 aliphatic rings. The number of carbonyl (C=O) groups excluding carboxylic acids is 1. The number of hydrogen-bond donors (Lipinski definition) is 3. The van der Waals surface area contributed by atoms with Crippen molar-refractivity contribution in [1.29, 1.82) is 0 Å². The topological polar surface area (TPSA) is 56.4 Å². The molecule has 0 saturated carbocycles. The van der Waals surface area contributed by atoms with Crippen molar-refractivity contribution in [1.82, 2.24) is 16.0 Å². The van der Waals surface area contributed by atoms with Crippen LogP contribution < -0.4 is 20.9 Å². The summed E-state index contributed by atoms with van der Waals surface area (Å²) in [6.45, 7) is 4.76. The van der Waals surface area contributed by atoms with Crippen molar-refractivity contribution in [3.63, 3.8) is 0 Å². The van der Waals surface area contributed by atoms with E-state index in [1.54, 1.807) is 7.05 Å². The first kappa shape index (κ1) is 15.6. The summed E-state index contributed by atoms with van der Waals surface area (Å²) in [6.07, 6.45) is 2.32. The smallest absolute Gasteiger partial charge is 0.314 e. The highest BCUT2D eigenvalue weighted by Crippen LogP contribution is 2.25. The van der Waals surface area contributed by atoms with Gasteiger partial charge in [-0.15, -0.1) is 0 Å². The van der Waals surface area contributed by atoms with E-state index in [4.69, 9.17) is 0 Å². The largest absolute Gasteiger partial charge is 0.371 e. The predicted molar refractivity (Wildman–Crippen MR) is 86.8 cm³/mol. The van der Waals surface area contributed by atoms with Crippen molar-refractivity contribution in [3.05, 3.63) is 29.3 Å². The molecular formula is C16H26N4O. The lowest BCUT2D eigenvalue weighted by atomic mass is 10.0. The number of anilines is 1. The van der Waals surface area contributed by atoms with Crippen molar-refractivity contribution in [2.75, 3.05) is 32.1 Å². The molecule has 1 fully saturated rings. The van der Waals surface area contributed by atoms with Crippen LogP contribution in [0.25, 0.3) is 0 Å². The number of piperidine rings is 1. The Bertz CT molecular complexity index is 481. The van der Waals surface area contributed by atoms with Crippen LogP contribution in [0.2, 0.25) is 0 Å². The first-order valence-electron chi connectivity index (χ1n) is 7.61. The van der Waals surface area contributed by atoms with Crippen molar-refractivity contribution < 1.29 is 4.79 Å². The number of urea groups is 1. The van der Waals surface area contributed by atoms with Gasteiger partial charge in [-0.25, -0.2) is 4.79 Å². The molecule has 0 radical (unpaired) electrons. The molecule has 0 unspecified atom stereocenters. The molecule has 5 nitrogen and oxygen atoms in total. The van der Waals surface area contributed by atoms with Gasteiger partial charge in [-0.05, 0) is 38.4 Å². The van der Waals surface area contributed by atoms with Crippen LogP contribution in [0.4, 0.5) is 10.5 Å². The summed E-state index contributed by atoms with van der Waals surface area (Å²) in [7, 11) is 3.67. The summed E-state index contributed by atoms with van der Waals surface area (Å²) in [4.78, 5) is 13.8. The first-order chi connectivity index (χ1) is 10.1. The second-order valence-electron chi connectivity index (χ2n) is 5.61. The Hall–Kier alpha value is -1.75. The van der Waals surface area contributed by atoms with Gasteiger partial charge in [0.1, 0.15) is 0 Å². The zero-order chi connectivity index (χ0) is 15.2. The lowest BCUT2D eigenvalue weighted by Gasteiger charge is -2.34. The maximum atomic E-state index is 11.4. The Balaban J connectivity index is 2.09. The Morgan fingerprint density at radius 2 is 2.00 bits per heavy atom. The SMILES string of the molecule is CNC(=O)NCc1cc(C)ccc1N1CCC(NC)CC1. The van der Waals surface area contributed by atoms with Gasteiger partial charge >= 0.3 is 6.03 Å². The highest BCUT2D eigenvalue weighted by atomic mass is 16.2. The molecule has 0 atom stereocenters. The van der Waals surface area contributed by atoms with Crippen LogP contribution in [-0.4, -0.2) is 39.3 Å². The average molecular weight is 290 g/mol. The Labute approximate surface area is 127 Å². The second kappa shape index (κ2) is 7.31. The summed E-state index contributed by atoms with van der Waals surface area (Å²) in [6, 6.07) is 6.96. The summed E-state index contributed by atoms with van der Waals surface area (Å²) in [5.41, 5.74) is 3.64. The lowest BCUT2D eigenvalue weighted by Crippen LogP contribution is -2.41. The van der Waals surface area contributed by atoms with Gasteiger partial charge in [-0.2, -0.15) is 0 Å². The zero-order valence-electron chi connectivity index (χ0n) is 13.2. The third-order valence-electron chi connectivity index (χ3n) is 4.15. The highest BCUT2D eigenvalue weighted by Gasteiger charge is 2.19. The molecule has 0 aromatic heterocycles. The van der Waals surface area contributed by atoms with E-state index in [2.05, 4.69) is 46.0 Å². The Morgan fingerprint density at radius 1 is 1.29 bits per heavy atom. The van der Waals surface area contributed by atoms with E-state index in [0.29, 0.717) is 12.6 Å². The summed E-state index contributed by atoms with van der Waals surface area (Å²) >= 11 is 0. The third-order valence-corrected chi connectivity index (χ3v) is 4.15. The van der Waals surface area contributed by atoms with E-state index in [9.17, 15) is 4.79 Å². The van der Waals surface area contributed by atoms with Gasteiger partial charge in [-0.1, -0.05) is 17.7 Å². The quantitative estimate of drug-likeness (QED) is 0.790. The average Bonchev–Trinajstić information content (AvgIpc) is 2.53. The van der Waals surface area contributed by atoms with Crippen LogP contribution in [0.15, 0.2) is 18.2 Å². The molecule has 1 aliphatic heterocycles. The molecule has 1 saturated heterocycles. The number of benzene rings is 1. The second-order valence-corrected chi connectivity index (χ2v) is 5.61. The van der Waals surface area contributed by atoms with Gasteiger partial charge in [0.05, 0.1) is 0 Å². The first-order valence-corrected chi connectivity index (χ1v) is 7.61. The molecule has 1 aromatic rings. The van der Waals surface area contributed by atoms with E-state index in [-0.39, 0.29) is 6.03 Å². The van der Waals surface area contributed by atoms with Crippen molar-refractivity contribution >= 4 is 11.7 Å². The van der Waals surface area contributed by atoms with Gasteiger partial charge < -0.3 is 20.9 Å². The number of amides is 2. The van der Waals surface area contributed by atoms with Crippen LogP contribution >= 0.6 is 0 Å². The Kier molecular flexibility index (Phi) is 5.44. The molecule has 0 spiro atoms. The number of carbonyl (C=O) groups is 1. The molecule has 0 aliphatic carbocycles. The predicted octanol–water partition coefficient (Wildman–Crippen LogP) is 1.61. The van der Waals surface area contributed by atoms with Crippen molar-refractivity contribution in [3.8, 4) is 0 Å². The van der Waals surface area contributed by atoms with E-state index >= 15 is 0 Å². The number of hydrogen-bond acceptors (Lipinski definition) is 3. The van der Waals surface area contributed by atoms with Crippen LogP contribution in [-0.2, 0) is 6.54 Å². The minimum atomic E-state index is -0.142. The van der Waals surface area contributed by atoms with Crippen LogP contribution in [0.3, 0.4) is 0 Å². The summed E-state index contributed by atoms with van der Waals surface area (Å²) < 4.78 is 0. The van der Waals surface area contributed by atoms with E-state index in [1.807, 2.05) is 7.05 Å². The monoisotopic (exact) mass is 290 g/mol. The zero-order valence-corrected chi connectivity index (χ0v) is 13.2. The van der Waals surface area contributed by atoms with Crippen molar-refractivity contribution in [2.45, 2.75) is 32.4 Å². The van der Waals surface area contributed by atoms with Crippen LogP contribution in [0.1, 0.15) is 24.0 Å². The van der Waals surface area contributed by atoms with Gasteiger partial charge in [0.15, 0.2) is 0 Å². The van der Waals surface area contributed by atoms with Crippen LogP contribution in [0, 0.1) is 6.92 Å². The van der Waals surface area contributed by atoms with E-state index in [0.717, 1.165) is 25.9 Å². The number of nitrogens with zero attached hydrogens (tertiary/aromatic N) is 1. The number of aryl methyl sites for hydroxylation is 1. The normalized spacial score (nSPS) is 15.9. The molecule has 2 amide bonds. The molecule has 2 rings (SSSR count). The van der Waals surface area contributed by atoms with E-state index in [1.165, 1.54) is 16.8 Å². The molecular weight excluding hydrogens is 264 g/mol. The molecule has 116 valence electrons. The summed E-state index contributed by atoms with van der Waals surface area (Å²) in [5.74, 6) is 0. The highest BCUT2D eigenvalue weighted by molar-refractivity contribution is 5.73. The fourth-order valence-electron chi connectivity index (χ4n) is 2.84. The van der Waals surface area contributed by atoms with Gasteiger partial charge in [0.25, 0.3) is 0 Å². The standard InChI is InChI=1S/C16H26N4O/c1-12-4-5-15(13(10-12)11-19-16(21)18-3)20-8-6-14(17-2)7-9-20/h4-5,10,14,17H,6-9,11H2,1-3H3,(H2,18,19,21). The molecule has 0 bridgehead atoms. The molecule has 1 aromatic carbocycles. The van der Waals surface area contributed by atoms with Gasteiger partial charge in [-0.3, -0.25) is 0 Å². The molecule has 21 heavy (non-hydrogen) atoms. The maximum Gasteiger partial charge on any atom is 0.314 e. The maximum absolute atomic E-state index is 11.4. The van der Waals surface area contributed by atoms with Crippen LogP contribution in [0.5, 0.6) is 0 Å². The fraction of sp³-hybridized carbons (Fsp3) is 0.562. The van der Waals surface area contributed by atoms with Gasteiger partial charge in [0.2, 0.25) is 0 Å². The fourth-order valence-corrected chi connectivity index (χ4v) is 2.84. The lowest BCUT2D eigenvalue weighted by molar-refractivity contribution is 0.242. The summed E-state index contributed by atoms with van der Waals surface area (Å²) in [5, 5.41) is 8.83. The van der Waals surface area contributed by atoms with Gasteiger partial charge in [0, 0.05) is 38.4 Å². The minimum Gasteiger partial charge on any atom is -0.371 e. The Morgan fingerprint density at radius 3 is 2.62 bits per heavy atom. The third kappa shape index (κ3) is 4.11. The number of nitrogens with one attached hydrogen (secondary N) is 3. The minimum absolute atomic E-state index is 0.142.